The van der Waals surface area contributed by atoms with E-state index < -0.39 is 18.4 Å². The molecule has 0 aliphatic rings. The molecule has 24 heavy (non-hydrogen) atoms. The minimum absolute atomic E-state index is 0.352. The Hall–Kier alpha value is -0.281. The van der Waals surface area contributed by atoms with E-state index in [2.05, 4.69) is 30.9 Å². The molecule has 2 heteroatoms. The molecule has 0 saturated carbocycles. The van der Waals surface area contributed by atoms with Gasteiger partial charge in [-0.15, -0.1) is 0 Å². The Labute approximate surface area is 154 Å². The molecule has 0 unspecified atom stereocenters. The van der Waals surface area contributed by atoms with E-state index in [1.165, 1.54) is 51.8 Å². The average Bonchev–Trinajstić information content (AvgIpc) is 2.63. The maximum absolute atomic E-state index is 10.4. The zero-order chi connectivity index (χ0) is 17.7. The predicted molar refractivity (Wildman–Crippen MR) is 110 cm³/mol. The molecule has 0 aliphatic heterocycles. The van der Waals surface area contributed by atoms with Crippen molar-refractivity contribution in [2.24, 2.45) is 0 Å². The molecule has 1 N–H and O–H groups in total. The zero-order valence-corrected chi connectivity index (χ0v) is 19.0. The Bertz CT molecular complexity index is 419. The Morgan fingerprint density at radius 1 is 0.875 bits per heavy atom. The summed E-state index contributed by atoms with van der Waals surface area (Å²) in [5, 5.41) is 10.4. The first-order valence-electron chi connectivity index (χ1n) is 10.1. The van der Waals surface area contributed by atoms with Crippen LogP contribution in [0.1, 0.15) is 77.4 Å². The Kier molecular flexibility index (Phi) is 11.8. The molecule has 0 aromatic heterocycles. The SMILES string of the molecule is CCC[CH2][Sn](/[CH]=C/C[C@H](O)c1ccccc1)([CH2]CCC)[CH2]CCC. The molecule has 0 aliphatic carbocycles. The third kappa shape index (κ3) is 8.20. The fourth-order valence-corrected chi connectivity index (χ4v) is 17.9. The van der Waals surface area contributed by atoms with Gasteiger partial charge in [0.1, 0.15) is 0 Å². The van der Waals surface area contributed by atoms with Crippen molar-refractivity contribution < 1.29 is 5.11 Å². The number of rotatable bonds is 13. The van der Waals surface area contributed by atoms with E-state index >= 15 is 0 Å². The van der Waals surface area contributed by atoms with Crippen molar-refractivity contribution in [3.8, 4) is 0 Å². The van der Waals surface area contributed by atoms with Crippen LogP contribution in [-0.4, -0.2) is 23.5 Å². The summed E-state index contributed by atoms with van der Waals surface area (Å²) in [6.07, 6.45) is 10.9. The van der Waals surface area contributed by atoms with Gasteiger partial charge in [-0.2, -0.15) is 0 Å². The minimum atomic E-state index is -2.17. The molecule has 136 valence electrons. The van der Waals surface area contributed by atoms with Crippen molar-refractivity contribution in [1.29, 1.82) is 0 Å². The second kappa shape index (κ2) is 13.0. The Morgan fingerprint density at radius 2 is 1.38 bits per heavy atom. The molecule has 1 nitrogen and oxygen atoms in total. The summed E-state index contributed by atoms with van der Waals surface area (Å²) in [5.74, 6) is 0. The van der Waals surface area contributed by atoms with Gasteiger partial charge in [-0.3, -0.25) is 0 Å². The number of hydrogen-bond acceptors (Lipinski definition) is 1. The molecule has 1 aromatic carbocycles. The molecule has 0 bridgehead atoms. The molecule has 0 amide bonds. The third-order valence-electron chi connectivity index (χ3n) is 5.10. The average molecular weight is 437 g/mol. The second-order valence-corrected chi connectivity index (χ2v) is 20.2. The van der Waals surface area contributed by atoms with Crippen LogP contribution in [0.5, 0.6) is 0 Å². The Morgan fingerprint density at radius 3 is 1.83 bits per heavy atom. The van der Waals surface area contributed by atoms with Crippen LogP contribution in [0, 0.1) is 0 Å². The summed E-state index contributed by atoms with van der Waals surface area (Å²) in [7, 11) is 0. The first kappa shape index (κ1) is 21.8. The van der Waals surface area contributed by atoms with E-state index in [0.717, 1.165) is 12.0 Å². The van der Waals surface area contributed by atoms with Crippen molar-refractivity contribution in [1.82, 2.24) is 0 Å². The van der Waals surface area contributed by atoms with Crippen molar-refractivity contribution in [3.05, 3.63) is 46.1 Å². The predicted octanol–water partition coefficient (Wildman–Crippen LogP) is 7.05. The summed E-state index contributed by atoms with van der Waals surface area (Å²) in [6, 6.07) is 10.1. The number of aliphatic hydroxyl groups excluding tert-OH is 1. The number of benzene rings is 1. The van der Waals surface area contributed by atoms with E-state index in [-0.39, 0.29) is 6.10 Å². The van der Waals surface area contributed by atoms with Crippen LogP contribution in [0.25, 0.3) is 0 Å². The molecule has 1 aromatic rings. The van der Waals surface area contributed by atoms with Crippen LogP contribution in [-0.2, 0) is 0 Å². The van der Waals surface area contributed by atoms with Crippen molar-refractivity contribution in [2.75, 3.05) is 0 Å². The van der Waals surface area contributed by atoms with E-state index in [9.17, 15) is 5.11 Å². The topological polar surface area (TPSA) is 20.2 Å². The van der Waals surface area contributed by atoms with Gasteiger partial charge in [0.25, 0.3) is 0 Å². The molecular weight excluding hydrogens is 399 g/mol. The zero-order valence-electron chi connectivity index (χ0n) is 16.1. The van der Waals surface area contributed by atoms with Crippen molar-refractivity contribution >= 4 is 18.4 Å². The van der Waals surface area contributed by atoms with Gasteiger partial charge >= 0.3 is 155 Å². The van der Waals surface area contributed by atoms with Gasteiger partial charge in [0, 0.05) is 0 Å². The maximum atomic E-state index is 10.4. The molecule has 0 radical (unpaired) electrons. The molecule has 0 heterocycles. The Balaban J connectivity index is 2.75. The van der Waals surface area contributed by atoms with Crippen LogP contribution in [0.2, 0.25) is 13.3 Å². The monoisotopic (exact) mass is 438 g/mol. The van der Waals surface area contributed by atoms with Crippen LogP contribution in [0.15, 0.2) is 40.5 Å². The van der Waals surface area contributed by atoms with Crippen molar-refractivity contribution in [2.45, 2.75) is 85.1 Å². The summed E-state index contributed by atoms with van der Waals surface area (Å²) < 4.78 is 7.18. The molecule has 1 atom stereocenters. The van der Waals surface area contributed by atoms with E-state index in [1.54, 1.807) is 0 Å². The fraction of sp³-hybridized carbons (Fsp3) is 0.636. The van der Waals surface area contributed by atoms with E-state index in [1.807, 2.05) is 30.3 Å². The molecule has 0 spiro atoms. The molecule has 0 fully saturated rings. The normalized spacial score (nSPS) is 13.5. The molecular formula is C22H38OSn. The van der Waals surface area contributed by atoms with Crippen LogP contribution < -0.4 is 0 Å². The summed E-state index contributed by atoms with van der Waals surface area (Å²) >= 11 is -2.17. The van der Waals surface area contributed by atoms with Gasteiger partial charge in [0.2, 0.25) is 0 Å². The van der Waals surface area contributed by atoms with E-state index in [0.29, 0.717) is 0 Å². The quantitative estimate of drug-likeness (QED) is 0.328. The third-order valence-corrected chi connectivity index (χ3v) is 19.3. The number of hydrogen-bond donors (Lipinski definition) is 1. The van der Waals surface area contributed by atoms with Gasteiger partial charge in [-0.05, 0) is 0 Å². The first-order chi connectivity index (χ1) is 11.7. The fourth-order valence-electron chi connectivity index (χ4n) is 3.47. The van der Waals surface area contributed by atoms with Crippen molar-refractivity contribution in [3.63, 3.8) is 0 Å². The molecule has 0 saturated heterocycles. The summed E-state index contributed by atoms with van der Waals surface area (Å²) in [6.45, 7) is 6.96. The second-order valence-electron chi connectivity index (χ2n) is 7.24. The van der Waals surface area contributed by atoms with E-state index in [4.69, 9.17) is 0 Å². The van der Waals surface area contributed by atoms with Gasteiger partial charge in [0.05, 0.1) is 0 Å². The molecule has 1 rings (SSSR count). The van der Waals surface area contributed by atoms with Gasteiger partial charge in [0.15, 0.2) is 0 Å². The van der Waals surface area contributed by atoms with Gasteiger partial charge in [-0.1, -0.05) is 0 Å². The van der Waals surface area contributed by atoms with Crippen LogP contribution >= 0.6 is 0 Å². The summed E-state index contributed by atoms with van der Waals surface area (Å²) in [5.41, 5.74) is 1.04. The van der Waals surface area contributed by atoms with Crippen LogP contribution in [0.4, 0.5) is 0 Å². The van der Waals surface area contributed by atoms with Gasteiger partial charge in [-0.25, -0.2) is 0 Å². The van der Waals surface area contributed by atoms with Crippen LogP contribution in [0.3, 0.4) is 0 Å². The van der Waals surface area contributed by atoms with Gasteiger partial charge < -0.3 is 0 Å². The standard InChI is InChI=1S/C10H11O.3C4H9.Sn/c1-2-6-10(11)9-7-4-3-5-8-9;3*1-3-4-2;/h1-5,7-8,10-11H,6H2;3*1,3-4H2,2H3;/t10-;;;;/m0..../s1. The number of unbranched alkanes of at least 4 members (excludes halogenated alkanes) is 3. The summed E-state index contributed by atoms with van der Waals surface area (Å²) in [4.78, 5) is 0. The number of aliphatic hydroxyl groups is 1. The first-order valence-corrected chi connectivity index (χ1v) is 17.8.